The van der Waals surface area contributed by atoms with Gasteiger partial charge in [0, 0.05) is 9.37 Å². The van der Waals surface area contributed by atoms with Crippen LogP contribution in [0.3, 0.4) is 0 Å². The van der Waals surface area contributed by atoms with Gasteiger partial charge in [0.15, 0.2) is 5.82 Å². The van der Waals surface area contributed by atoms with Crippen molar-refractivity contribution >= 4 is 27.7 Å². The van der Waals surface area contributed by atoms with Gasteiger partial charge in [0.25, 0.3) is 0 Å². The van der Waals surface area contributed by atoms with E-state index in [-0.39, 0.29) is 6.04 Å². The van der Waals surface area contributed by atoms with Gasteiger partial charge in [-0.15, -0.1) is 11.8 Å². The molecule has 1 saturated heterocycles. The number of thioether (sulfide) groups is 1. The first-order chi connectivity index (χ1) is 9.31. The van der Waals surface area contributed by atoms with Crippen LogP contribution in [0.4, 0.5) is 0 Å². The molecule has 1 N–H and O–H groups in total. The van der Waals surface area contributed by atoms with Crippen molar-refractivity contribution < 1.29 is 4.52 Å². The number of hydrogen-bond acceptors (Lipinski definition) is 5. The summed E-state index contributed by atoms with van der Waals surface area (Å²) in [6, 6.07) is 8.47. The van der Waals surface area contributed by atoms with E-state index < -0.39 is 0 Å². The van der Waals surface area contributed by atoms with E-state index in [4.69, 9.17) is 4.52 Å². The molecule has 0 spiro atoms. The number of nitrogens with zero attached hydrogens (tertiary/aromatic N) is 2. The minimum Gasteiger partial charge on any atom is -0.338 e. The lowest BCUT2D eigenvalue weighted by Crippen LogP contribution is -2.13. The molecule has 2 aromatic rings. The topological polar surface area (TPSA) is 51.0 Å². The minimum atomic E-state index is 0.249. The van der Waals surface area contributed by atoms with Crippen LogP contribution in [-0.2, 0) is 5.75 Å². The number of benzene rings is 1. The third kappa shape index (κ3) is 3.38. The summed E-state index contributed by atoms with van der Waals surface area (Å²) >= 11 is 5.14. The highest BCUT2D eigenvalue weighted by Crippen LogP contribution is 2.25. The summed E-state index contributed by atoms with van der Waals surface area (Å²) in [5.74, 6) is 2.22. The van der Waals surface area contributed by atoms with Crippen LogP contribution in [0.2, 0.25) is 0 Å². The summed E-state index contributed by atoms with van der Waals surface area (Å²) in [7, 11) is 0. The predicted molar refractivity (Wildman–Crippen MR) is 78.0 cm³/mol. The molecule has 1 atom stereocenters. The van der Waals surface area contributed by atoms with E-state index in [2.05, 4.69) is 43.5 Å². The summed E-state index contributed by atoms with van der Waals surface area (Å²) < 4.78 is 6.40. The first-order valence-corrected chi connectivity index (χ1v) is 8.03. The van der Waals surface area contributed by atoms with Crippen LogP contribution < -0.4 is 5.32 Å². The van der Waals surface area contributed by atoms with E-state index in [1.165, 1.54) is 11.3 Å². The molecule has 0 unspecified atom stereocenters. The average molecular weight is 340 g/mol. The van der Waals surface area contributed by atoms with E-state index in [0.29, 0.717) is 0 Å². The molecule has 0 bridgehead atoms. The molecule has 1 fully saturated rings. The lowest BCUT2D eigenvalue weighted by Gasteiger charge is -2.01. The second kappa shape index (κ2) is 6.07. The second-order valence-corrected chi connectivity index (χ2v) is 6.40. The van der Waals surface area contributed by atoms with Gasteiger partial charge in [0.1, 0.15) is 0 Å². The van der Waals surface area contributed by atoms with Gasteiger partial charge in [-0.05, 0) is 43.7 Å². The van der Waals surface area contributed by atoms with E-state index in [1.807, 2.05) is 12.1 Å². The lowest BCUT2D eigenvalue weighted by atomic mass is 10.2. The molecule has 2 heterocycles. The summed E-state index contributed by atoms with van der Waals surface area (Å²) in [6.45, 7) is 1.04. The van der Waals surface area contributed by atoms with Crippen LogP contribution in [0.1, 0.15) is 30.6 Å². The fraction of sp³-hybridized carbons (Fsp3) is 0.385. The Morgan fingerprint density at radius 1 is 1.37 bits per heavy atom. The number of nitrogens with one attached hydrogen (secondary N) is 1. The van der Waals surface area contributed by atoms with Gasteiger partial charge < -0.3 is 9.84 Å². The van der Waals surface area contributed by atoms with E-state index in [1.54, 1.807) is 11.8 Å². The third-order valence-electron chi connectivity index (χ3n) is 3.02. The summed E-state index contributed by atoms with van der Waals surface area (Å²) in [5.41, 5.74) is 0. The van der Waals surface area contributed by atoms with Gasteiger partial charge in [0.05, 0.1) is 11.8 Å². The smallest absolute Gasteiger partial charge is 0.243 e. The molecule has 1 aromatic heterocycles. The molecule has 0 aliphatic carbocycles. The maximum absolute atomic E-state index is 5.31. The zero-order chi connectivity index (χ0) is 13.1. The van der Waals surface area contributed by atoms with Crippen LogP contribution in [0, 0.1) is 0 Å². The van der Waals surface area contributed by atoms with Gasteiger partial charge in [-0.2, -0.15) is 4.98 Å². The van der Waals surface area contributed by atoms with Crippen LogP contribution in [0.5, 0.6) is 0 Å². The van der Waals surface area contributed by atoms with Gasteiger partial charge in [-0.1, -0.05) is 21.1 Å². The Hall–Kier alpha value is -0.850. The molecule has 0 saturated carbocycles. The molecule has 1 aliphatic heterocycles. The normalized spacial score (nSPS) is 18.9. The number of halogens is 1. The fourth-order valence-corrected chi connectivity index (χ4v) is 3.05. The first-order valence-electron chi connectivity index (χ1n) is 6.25. The van der Waals surface area contributed by atoms with E-state index in [9.17, 15) is 0 Å². The van der Waals surface area contributed by atoms with E-state index >= 15 is 0 Å². The Morgan fingerprint density at radius 3 is 2.95 bits per heavy atom. The first kappa shape index (κ1) is 13.1. The highest BCUT2D eigenvalue weighted by molar-refractivity contribution is 9.10. The predicted octanol–water partition coefficient (Wildman–Crippen LogP) is 3.55. The van der Waals surface area contributed by atoms with Crippen LogP contribution in [0.25, 0.3) is 0 Å². The van der Waals surface area contributed by atoms with Gasteiger partial charge in [-0.25, -0.2) is 0 Å². The molecular weight excluding hydrogens is 326 g/mol. The minimum absolute atomic E-state index is 0.249. The van der Waals surface area contributed by atoms with Crippen LogP contribution in [-0.4, -0.2) is 16.7 Å². The third-order valence-corrected chi connectivity index (χ3v) is 4.56. The molecule has 0 radical (unpaired) electrons. The molecule has 0 amide bonds. The quantitative estimate of drug-likeness (QED) is 0.863. The molecule has 6 heteroatoms. The largest absolute Gasteiger partial charge is 0.338 e. The molecule has 1 aromatic carbocycles. The van der Waals surface area contributed by atoms with Crippen molar-refractivity contribution in [3.8, 4) is 0 Å². The van der Waals surface area contributed by atoms with Crippen molar-refractivity contribution in [1.82, 2.24) is 15.5 Å². The summed E-state index contributed by atoms with van der Waals surface area (Å²) in [4.78, 5) is 5.66. The molecule has 3 rings (SSSR count). The number of hydrogen-bond donors (Lipinski definition) is 1. The molecule has 1 aliphatic rings. The Kier molecular flexibility index (Phi) is 4.20. The Bertz CT molecular complexity index is 537. The van der Waals surface area contributed by atoms with Crippen LogP contribution >= 0.6 is 27.7 Å². The Balaban J connectivity index is 1.59. The maximum Gasteiger partial charge on any atom is 0.243 e. The summed E-state index contributed by atoms with van der Waals surface area (Å²) in [5, 5.41) is 7.40. The highest BCUT2D eigenvalue weighted by atomic mass is 79.9. The molecule has 4 nitrogen and oxygen atoms in total. The zero-order valence-electron chi connectivity index (χ0n) is 10.3. The fourth-order valence-electron chi connectivity index (χ4n) is 2.04. The van der Waals surface area contributed by atoms with Crippen molar-refractivity contribution in [1.29, 1.82) is 0 Å². The van der Waals surface area contributed by atoms with Gasteiger partial charge >= 0.3 is 0 Å². The second-order valence-electron chi connectivity index (χ2n) is 4.44. The van der Waals surface area contributed by atoms with Gasteiger partial charge in [-0.3, -0.25) is 0 Å². The Morgan fingerprint density at radius 2 is 2.21 bits per heavy atom. The Labute approximate surface area is 124 Å². The SMILES string of the molecule is Brc1ccc(SCc2noc([C@@H]3CCCN3)n2)cc1. The van der Waals surface area contributed by atoms with Crippen molar-refractivity contribution in [3.05, 3.63) is 40.5 Å². The lowest BCUT2D eigenvalue weighted by molar-refractivity contribution is 0.342. The molecular formula is C13H14BrN3OS. The monoisotopic (exact) mass is 339 g/mol. The van der Waals surface area contributed by atoms with Crippen molar-refractivity contribution in [2.45, 2.75) is 29.5 Å². The highest BCUT2D eigenvalue weighted by Gasteiger charge is 2.22. The average Bonchev–Trinajstić information content (AvgIpc) is 3.09. The van der Waals surface area contributed by atoms with Crippen molar-refractivity contribution in [2.24, 2.45) is 0 Å². The van der Waals surface area contributed by atoms with Crippen LogP contribution in [0.15, 0.2) is 38.2 Å². The maximum atomic E-state index is 5.31. The zero-order valence-corrected chi connectivity index (χ0v) is 12.7. The standard InChI is InChI=1S/C13H14BrN3OS/c14-9-3-5-10(6-4-9)19-8-12-16-13(18-17-12)11-2-1-7-15-11/h3-6,11,15H,1-2,7-8H2/t11-/m0/s1. The van der Waals surface area contributed by atoms with E-state index in [0.717, 1.165) is 34.9 Å². The van der Waals surface area contributed by atoms with Crippen molar-refractivity contribution in [3.63, 3.8) is 0 Å². The number of aromatic nitrogens is 2. The molecule has 100 valence electrons. The summed E-state index contributed by atoms with van der Waals surface area (Å²) in [6.07, 6.45) is 2.26. The number of rotatable bonds is 4. The van der Waals surface area contributed by atoms with Crippen molar-refractivity contribution in [2.75, 3.05) is 6.54 Å². The molecule has 19 heavy (non-hydrogen) atoms. The van der Waals surface area contributed by atoms with Gasteiger partial charge in [0.2, 0.25) is 5.89 Å².